The number of carboxylic acids is 1. The minimum Gasteiger partial charge on any atom is -0.478 e. The van der Waals surface area contributed by atoms with Crippen LogP contribution in [0.4, 0.5) is 11.4 Å². The van der Waals surface area contributed by atoms with Crippen LogP contribution in [0.25, 0.3) is 0 Å². The summed E-state index contributed by atoms with van der Waals surface area (Å²) in [6.45, 7) is 0. The van der Waals surface area contributed by atoms with Gasteiger partial charge in [0.05, 0.1) is 10.5 Å². The molecule has 1 aromatic rings. The van der Waals surface area contributed by atoms with Gasteiger partial charge in [0.1, 0.15) is 0 Å². The lowest BCUT2D eigenvalue weighted by molar-refractivity contribution is -0.384. The minimum atomic E-state index is -1.33. The summed E-state index contributed by atoms with van der Waals surface area (Å²) in [5, 5.41) is 30.7. The second-order valence-corrected chi connectivity index (χ2v) is 3.89. The Morgan fingerprint density at radius 2 is 2.32 bits per heavy atom. The van der Waals surface area contributed by atoms with Crippen molar-refractivity contribution in [1.29, 1.82) is 5.26 Å². The van der Waals surface area contributed by atoms with Crippen molar-refractivity contribution in [1.82, 2.24) is 5.32 Å². The summed E-state index contributed by atoms with van der Waals surface area (Å²) in [5.41, 5.74) is -1.04. The van der Waals surface area contributed by atoms with E-state index in [4.69, 9.17) is 10.4 Å². The normalized spacial score (nSPS) is 10.6. The SMILES string of the molecule is CSC(=Nc1c(C(=O)O)cccc1[N+](=O)[O-])NC#N. The van der Waals surface area contributed by atoms with Crippen molar-refractivity contribution in [3.63, 3.8) is 0 Å². The van der Waals surface area contributed by atoms with E-state index in [9.17, 15) is 14.9 Å². The number of nitrogens with zero attached hydrogens (tertiary/aromatic N) is 3. The number of benzene rings is 1. The van der Waals surface area contributed by atoms with Crippen LogP contribution < -0.4 is 5.32 Å². The molecule has 0 atom stereocenters. The summed E-state index contributed by atoms with van der Waals surface area (Å²) >= 11 is 1.03. The van der Waals surface area contributed by atoms with Crippen molar-refractivity contribution in [2.24, 2.45) is 4.99 Å². The van der Waals surface area contributed by atoms with Gasteiger partial charge in [0, 0.05) is 6.07 Å². The maximum Gasteiger partial charge on any atom is 0.338 e. The lowest BCUT2D eigenvalue weighted by atomic mass is 10.1. The van der Waals surface area contributed by atoms with Crippen LogP contribution in [-0.4, -0.2) is 27.4 Å². The number of aromatic carboxylic acids is 1. The molecule has 0 radical (unpaired) electrons. The van der Waals surface area contributed by atoms with Gasteiger partial charge in [-0.25, -0.2) is 9.79 Å². The molecule has 0 aliphatic heterocycles. The molecule has 0 spiro atoms. The third-order valence-electron chi connectivity index (χ3n) is 2.01. The largest absolute Gasteiger partial charge is 0.478 e. The van der Waals surface area contributed by atoms with Gasteiger partial charge >= 0.3 is 5.97 Å². The third-order valence-corrected chi connectivity index (χ3v) is 2.59. The molecule has 19 heavy (non-hydrogen) atoms. The molecule has 8 nitrogen and oxygen atoms in total. The maximum atomic E-state index is 11.0. The fourth-order valence-corrected chi connectivity index (χ4v) is 1.57. The molecule has 0 aromatic heterocycles. The molecule has 0 aliphatic rings. The second kappa shape index (κ2) is 6.36. The number of hydrogen-bond donors (Lipinski definition) is 2. The van der Waals surface area contributed by atoms with Crippen molar-refractivity contribution in [3.05, 3.63) is 33.9 Å². The van der Waals surface area contributed by atoms with E-state index >= 15 is 0 Å². The Labute approximate surface area is 111 Å². The van der Waals surface area contributed by atoms with Gasteiger partial charge in [-0.05, 0) is 12.3 Å². The zero-order chi connectivity index (χ0) is 14.4. The molecular formula is C10H8N4O4S. The van der Waals surface area contributed by atoms with E-state index in [0.29, 0.717) is 0 Å². The second-order valence-electron chi connectivity index (χ2n) is 3.09. The van der Waals surface area contributed by atoms with Crippen LogP contribution in [0.1, 0.15) is 10.4 Å². The van der Waals surface area contributed by atoms with Gasteiger partial charge in [0.25, 0.3) is 5.69 Å². The smallest absolute Gasteiger partial charge is 0.338 e. The van der Waals surface area contributed by atoms with Gasteiger partial charge in [0.15, 0.2) is 17.0 Å². The lowest BCUT2D eigenvalue weighted by Crippen LogP contribution is -2.13. The lowest BCUT2D eigenvalue weighted by Gasteiger charge is -2.04. The zero-order valence-electron chi connectivity index (χ0n) is 9.65. The van der Waals surface area contributed by atoms with Gasteiger partial charge in [-0.3, -0.25) is 15.4 Å². The number of para-hydroxylation sites is 1. The number of nitriles is 1. The number of carbonyl (C=O) groups is 1. The highest BCUT2D eigenvalue weighted by atomic mass is 32.2. The highest BCUT2D eigenvalue weighted by molar-refractivity contribution is 8.13. The van der Waals surface area contributed by atoms with Crippen molar-refractivity contribution < 1.29 is 14.8 Å². The summed E-state index contributed by atoms with van der Waals surface area (Å²) < 4.78 is 0. The molecule has 0 saturated carbocycles. The fraction of sp³-hybridized carbons (Fsp3) is 0.100. The molecule has 2 N–H and O–H groups in total. The van der Waals surface area contributed by atoms with E-state index in [0.717, 1.165) is 17.8 Å². The summed E-state index contributed by atoms with van der Waals surface area (Å²) in [7, 11) is 0. The quantitative estimate of drug-likeness (QED) is 0.215. The summed E-state index contributed by atoms with van der Waals surface area (Å²) in [5.74, 6) is -1.33. The predicted molar refractivity (Wildman–Crippen MR) is 69.4 cm³/mol. The molecule has 0 aliphatic carbocycles. The number of nitrogens with one attached hydrogen (secondary N) is 1. The van der Waals surface area contributed by atoms with Gasteiger partial charge in [0.2, 0.25) is 0 Å². The van der Waals surface area contributed by atoms with E-state index < -0.39 is 16.6 Å². The van der Waals surface area contributed by atoms with Crippen LogP contribution in [0.2, 0.25) is 0 Å². The summed E-state index contributed by atoms with van der Waals surface area (Å²) in [6.07, 6.45) is 3.21. The van der Waals surface area contributed by atoms with Crippen molar-refractivity contribution in [2.45, 2.75) is 0 Å². The molecule has 9 heteroatoms. The zero-order valence-corrected chi connectivity index (χ0v) is 10.5. The van der Waals surface area contributed by atoms with E-state index in [2.05, 4.69) is 10.3 Å². The molecular weight excluding hydrogens is 272 g/mol. The predicted octanol–water partition coefficient (Wildman–Crippen LogP) is 1.71. The molecule has 98 valence electrons. The summed E-state index contributed by atoms with van der Waals surface area (Å²) in [4.78, 5) is 25.0. The Bertz CT molecular complexity index is 561. The number of carboxylic acid groups (broad SMARTS) is 1. The van der Waals surface area contributed by atoms with Gasteiger partial charge in [-0.15, -0.1) is 0 Å². The maximum absolute atomic E-state index is 11.0. The average molecular weight is 280 g/mol. The first-order valence-corrected chi connectivity index (χ1v) is 6.02. The van der Waals surface area contributed by atoms with Crippen LogP contribution in [0.5, 0.6) is 0 Å². The molecule has 0 unspecified atom stereocenters. The van der Waals surface area contributed by atoms with Crippen LogP contribution in [0, 0.1) is 21.6 Å². The van der Waals surface area contributed by atoms with Gasteiger partial charge in [-0.2, -0.15) is 5.26 Å². The number of aliphatic imine (C=N–C) groups is 1. The number of nitro benzene ring substituents is 1. The Kier molecular flexibility index (Phi) is 4.84. The fourth-order valence-electron chi connectivity index (χ4n) is 1.24. The highest BCUT2D eigenvalue weighted by Gasteiger charge is 2.21. The number of nitro groups is 1. The topological polar surface area (TPSA) is 129 Å². The first-order chi connectivity index (χ1) is 9.01. The van der Waals surface area contributed by atoms with E-state index in [-0.39, 0.29) is 16.4 Å². The first-order valence-electron chi connectivity index (χ1n) is 4.79. The van der Waals surface area contributed by atoms with Crippen molar-refractivity contribution in [3.8, 4) is 6.19 Å². The molecule has 0 amide bonds. The van der Waals surface area contributed by atoms with Crippen molar-refractivity contribution in [2.75, 3.05) is 6.26 Å². The Morgan fingerprint density at radius 3 is 2.79 bits per heavy atom. The van der Waals surface area contributed by atoms with Crippen molar-refractivity contribution >= 4 is 34.3 Å². The minimum absolute atomic E-state index is 0.0688. The Morgan fingerprint density at radius 1 is 1.63 bits per heavy atom. The molecule has 1 rings (SSSR count). The van der Waals surface area contributed by atoms with Crippen LogP contribution in [0.3, 0.4) is 0 Å². The van der Waals surface area contributed by atoms with Crippen LogP contribution >= 0.6 is 11.8 Å². The van der Waals surface area contributed by atoms with Gasteiger partial charge < -0.3 is 5.11 Å². The number of hydrogen-bond acceptors (Lipinski definition) is 6. The average Bonchev–Trinajstić information content (AvgIpc) is 2.37. The van der Waals surface area contributed by atoms with E-state index in [1.165, 1.54) is 12.1 Å². The highest BCUT2D eigenvalue weighted by Crippen LogP contribution is 2.31. The molecule has 0 bridgehead atoms. The Hall–Kier alpha value is -2.60. The number of amidine groups is 1. The number of thioether (sulfide) groups is 1. The first kappa shape index (κ1) is 14.5. The molecule has 0 heterocycles. The van der Waals surface area contributed by atoms with E-state index in [1.54, 1.807) is 12.4 Å². The summed E-state index contributed by atoms with van der Waals surface area (Å²) in [6, 6.07) is 3.62. The standard InChI is InChI=1S/C10H8N4O4S/c1-19-10(12-5-11)13-8-6(9(15)16)3-2-4-7(8)14(17)18/h2-4H,1H3,(H,12,13)(H,15,16). The Balaban J connectivity index is 3.49. The molecule has 0 saturated heterocycles. The van der Waals surface area contributed by atoms with Crippen LogP contribution in [0.15, 0.2) is 23.2 Å². The van der Waals surface area contributed by atoms with Crippen LogP contribution in [-0.2, 0) is 0 Å². The van der Waals surface area contributed by atoms with E-state index in [1.807, 2.05) is 0 Å². The molecule has 0 fully saturated rings. The number of rotatable bonds is 3. The monoisotopic (exact) mass is 280 g/mol. The third kappa shape index (κ3) is 3.43. The molecule has 1 aromatic carbocycles. The van der Waals surface area contributed by atoms with Gasteiger partial charge in [-0.1, -0.05) is 17.8 Å².